The van der Waals surface area contributed by atoms with Gasteiger partial charge in [0.05, 0.1) is 24.1 Å². The Labute approximate surface area is 216 Å². The highest BCUT2D eigenvalue weighted by Gasteiger charge is 2.17. The highest BCUT2D eigenvalue weighted by Crippen LogP contribution is 2.35. The normalized spacial score (nSPS) is 12.5. The van der Waals surface area contributed by atoms with E-state index in [-0.39, 0.29) is 0 Å². The third-order valence-electron chi connectivity index (χ3n) is 6.14. The van der Waals surface area contributed by atoms with Crippen LogP contribution < -0.4 is 14.5 Å². The fraction of sp³-hybridized carbons (Fsp3) is 0.0968. The lowest BCUT2D eigenvalue weighted by molar-refractivity contribution is 0.171. The zero-order chi connectivity index (χ0) is 24.9. The molecular formula is C31H26N4O2. The monoisotopic (exact) mass is 486 g/mol. The lowest BCUT2D eigenvalue weighted by atomic mass is 10.1. The van der Waals surface area contributed by atoms with Crippen molar-refractivity contribution in [2.24, 2.45) is 5.10 Å². The van der Waals surface area contributed by atoms with Crippen LogP contribution in [-0.2, 0) is 6.54 Å². The fourth-order valence-electron chi connectivity index (χ4n) is 4.30. The summed E-state index contributed by atoms with van der Waals surface area (Å²) >= 11 is 0. The zero-order valence-corrected chi connectivity index (χ0v) is 20.3. The molecule has 6 nitrogen and oxygen atoms in total. The van der Waals surface area contributed by atoms with Crippen LogP contribution in [0.15, 0.2) is 120 Å². The van der Waals surface area contributed by atoms with E-state index in [1.807, 2.05) is 107 Å². The molecule has 5 aromatic rings. The first-order chi connectivity index (χ1) is 18.3. The largest absolute Gasteiger partial charge is 0.486 e. The van der Waals surface area contributed by atoms with E-state index in [4.69, 9.17) is 19.7 Å². The average molecular weight is 487 g/mol. The second-order valence-corrected chi connectivity index (χ2v) is 8.69. The van der Waals surface area contributed by atoms with Crippen molar-refractivity contribution in [1.29, 1.82) is 0 Å². The molecule has 0 radical (unpaired) electrons. The summed E-state index contributed by atoms with van der Waals surface area (Å²) in [6.07, 6.45) is 3.89. The van der Waals surface area contributed by atoms with Gasteiger partial charge in [-0.2, -0.15) is 10.2 Å². The molecule has 37 heavy (non-hydrogen) atoms. The van der Waals surface area contributed by atoms with Gasteiger partial charge >= 0.3 is 0 Å². The van der Waals surface area contributed by atoms with Gasteiger partial charge in [-0.1, -0.05) is 66.7 Å². The van der Waals surface area contributed by atoms with Crippen molar-refractivity contribution in [2.75, 3.05) is 18.2 Å². The van der Waals surface area contributed by atoms with Crippen molar-refractivity contribution in [3.05, 3.63) is 127 Å². The number of aromatic nitrogens is 2. The third kappa shape index (κ3) is 5.09. The van der Waals surface area contributed by atoms with Gasteiger partial charge in [-0.05, 0) is 48.0 Å². The van der Waals surface area contributed by atoms with Gasteiger partial charge in [-0.25, -0.2) is 4.68 Å². The quantitative estimate of drug-likeness (QED) is 0.199. The Morgan fingerprint density at radius 1 is 0.784 bits per heavy atom. The van der Waals surface area contributed by atoms with Gasteiger partial charge in [0.1, 0.15) is 18.9 Å². The van der Waals surface area contributed by atoms with Gasteiger partial charge in [-0.3, -0.25) is 5.01 Å². The van der Waals surface area contributed by atoms with Gasteiger partial charge in [0.25, 0.3) is 0 Å². The predicted octanol–water partition coefficient (Wildman–Crippen LogP) is 6.35. The van der Waals surface area contributed by atoms with Crippen molar-refractivity contribution in [3.8, 4) is 28.4 Å². The summed E-state index contributed by atoms with van der Waals surface area (Å²) in [5, 5.41) is 11.9. The number of nitrogens with zero attached hydrogens (tertiary/aromatic N) is 4. The number of anilines is 1. The van der Waals surface area contributed by atoms with Gasteiger partial charge in [0.2, 0.25) is 0 Å². The maximum absolute atomic E-state index is 5.84. The van der Waals surface area contributed by atoms with E-state index >= 15 is 0 Å². The van der Waals surface area contributed by atoms with Gasteiger partial charge < -0.3 is 9.47 Å². The molecule has 0 saturated heterocycles. The number of fused-ring (bicyclic) bond motifs is 1. The second-order valence-electron chi connectivity index (χ2n) is 8.69. The molecule has 0 fully saturated rings. The van der Waals surface area contributed by atoms with Crippen LogP contribution in [0.4, 0.5) is 5.69 Å². The Balaban J connectivity index is 1.40. The molecule has 0 aliphatic carbocycles. The van der Waals surface area contributed by atoms with E-state index < -0.39 is 0 Å². The molecule has 6 heteroatoms. The van der Waals surface area contributed by atoms with Crippen LogP contribution in [0.2, 0.25) is 0 Å². The molecule has 0 bridgehead atoms. The Kier molecular flexibility index (Phi) is 6.37. The van der Waals surface area contributed by atoms with E-state index in [1.165, 1.54) is 5.56 Å². The molecule has 0 spiro atoms. The van der Waals surface area contributed by atoms with Crippen LogP contribution in [0.25, 0.3) is 16.9 Å². The summed E-state index contributed by atoms with van der Waals surface area (Å²) in [6.45, 7) is 1.74. The lowest BCUT2D eigenvalue weighted by Gasteiger charge is -2.19. The first-order valence-electron chi connectivity index (χ1n) is 12.3. The van der Waals surface area contributed by atoms with Crippen molar-refractivity contribution < 1.29 is 9.47 Å². The molecule has 1 aromatic heterocycles. The summed E-state index contributed by atoms with van der Waals surface area (Å²) in [6, 6.07) is 36.6. The summed E-state index contributed by atoms with van der Waals surface area (Å²) in [5.41, 5.74) is 5.82. The minimum Gasteiger partial charge on any atom is -0.486 e. The van der Waals surface area contributed by atoms with Crippen molar-refractivity contribution in [2.45, 2.75) is 6.54 Å². The topological polar surface area (TPSA) is 51.9 Å². The smallest absolute Gasteiger partial charge is 0.162 e. The van der Waals surface area contributed by atoms with Crippen LogP contribution in [0.3, 0.4) is 0 Å². The molecule has 1 aliphatic heterocycles. The van der Waals surface area contributed by atoms with Crippen LogP contribution in [0.1, 0.15) is 11.1 Å². The van der Waals surface area contributed by atoms with Crippen LogP contribution in [-0.4, -0.2) is 29.2 Å². The summed E-state index contributed by atoms with van der Waals surface area (Å²) < 4.78 is 13.4. The van der Waals surface area contributed by atoms with Gasteiger partial charge in [0.15, 0.2) is 11.5 Å². The standard InChI is InChI=1S/C31H26N4O2/c1-4-10-24(11-5-1)22-34(27-12-6-2-7-13-27)32-21-26-23-35(28-14-8-3-9-15-28)33-31(26)25-16-17-29-30(20-25)37-19-18-36-29/h1-17,20-21,23H,18-19,22H2. The number of benzene rings is 4. The predicted molar refractivity (Wildman–Crippen MR) is 147 cm³/mol. The van der Waals surface area contributed by atoms with Crippen molar-refractivity contribution in [1.82, 2.24) is 9.78 Å². The first kappa shape index (κ1) is 22.6. The molecule has 6 rings (SSSR count). The fourth-order valence-corrected chi connectivity index (χ4v) is 4.30. The third-order valence-corrected chi connectivity index (χ3v) is 6.14. The number of para-hydroxylation sites is 2. The molecule has 4 aromatic carbocycles. The molecule has 0 saturated carbocycles. The highest BCUT2D eigenvalue weighted by molar-refractivity contribution is 5.89. The zero-order valence-electron chi connectivity index (χ0n) is 20.3. The molecule has 0 atom stereocenters. The minimum atomic E-state index is 0.536. The second kappa shape index (κ2) is 10.4. The summed E-state index contributed by atoms with van der Waals surface area (Å²) in [4.78, 5) is 0. The van der Waals surface area contributed by atoms with E-state index in [1.54, 1.807) is 0 Å². The number of hydrazone groups is 1. The molecule has 1 aliphatic rings. The summed E-state index contributed by atoms with van der Waals surface area (Å²) in [5.74, 6) is 1.49. The number of rotatable bonds is 7. The first-order valence-corrected chi connectivity index (χ1v) is 12.3. The van der Waals surface area contributed by atoms with Crippen LogP contribution in [0.5, 0.6) is 11.5 Å². The number of hydrogen-bond acceptors (Lipinski definition) is 5. The van der Waals surface area contributed by atoms with E-state index in [0.717, 1.165) is 39.7 Å². The number of ether oxygens (including phenoxy) is 2. The molecule has 0 N–H and O–H groups in total. The van der Waals surface area contributed by atoms with Crippen LogP contribution in [0, 0.1) is 0 Å². The lowest BCUT2D eigenvalue weighted by Crippen LogP contribution is -2.16. The minimum absolute atomic E-state index is 0.536. The maximum atomic E-state index is 5.84. The summed E-state index contributed by atoms with van der Waals surface area (Å²) in [7, 11) is 0. The molecule has 0 unspecified atom stereocenters. The molecular weight excluding hydrogens is 460 g/mol. The molecule has 182 valence electrons. The van der Waals surface area contributed by atoms with E-state index in [0.29, 0.717) is 19.8 Å². The van der Waals surface area contributed by atoms with E-state index in [2.05, 4.69) is 24.3 Å². The average Bonchev–Trinajstić information content (AvgIpc) is 3.41. The van der Waals surface area contributed by atoms with E-state index in [9.17, 15) is 0 Å². The van der Waals surface area contributed by atoms with Crippen molar-refractivity contribution in [3.63, 3.8) is 0 Å². The number of hydrogen-bond donors (Lipinski definition) is 0. The molecule has 2 heterocycles. The Bertz CT molecular complexity index is 1500. The Morgan fingerprint density at radius 2 is 1.46 bits per heavy atom. The SMILES string of the molecule is C(=NN(Cc1ccccc1)c1ccccc1)c1cn(-c2ccccc2)nc1-c1ccc2c(c1)OCCO2. The Morgan fingerprint density at radius 3 is 2.22 bits per heavy atom. The maximum Gasteiger partial charge on any atom is 0.162 e. The van der Waals surface area contributed by atoms with Crippen LogP contribution >= 0.6 is 0 Å². The molecule has 0 amide bonds. The van der Waals surface area contributed by atoms with Gasteiger partial charge in [0, 0.05) is 17.3 Å². The Hall–Kier alpha value is -4.84. The van der Waals surface area contributed by atoms with Gasteiger partial charge in [-0.15, -0.1) is 0 Å². The van der Waals surface area contributed by atoms with Crippen molar-refractivity contribution >= 4 is 11.9 Å². The highest BCUT2D eigenvalue weighted by atomic mass is 16.6.